The highest BCUT2D eigenvalue weighted by atomic mass is 16.2. The van der Waals surface area contributed by atoms with Gasteiger partial charge in [-0.1, -0.05) is 0 Å². The Morgan fingerprint density at radius 1 is 1.21 bits per heavy atom. The van der Waals surface area contributed by atoms with Crippen LogP contribution in [-0.4, -0.2) is 61.0 Å². The van der Waals surface area contributed by atoms with Crippen LogP contribution in [0.25, 0.3) is 0 Å². The third-order valence-electron chi connectivity index (χ3n) is 4.73. The van der Waals surface area contributed by atoms with Crippen LogP contribution in [0.2, 0.25) is 0 Å². The average molecular weight is 267 g/mol. The molecule has 0 saturated carbocycles. The van der Waals surface area contributed by atoms with Crippen molar-refractivity contribution in [1.82, 2.24) is 15.1 Å². The molecule has 2 aliphatic heterocycles. The molecule has 0 aromatic heterocycles. The molecule has 0 aliphatic carbocycles. The van der Waals surface area contributed by atoms with Crippen LogP contribution >= 0.6 is 0 Å². The van der Waals surface area contributed by atoms with E-state index in [0.29, 0.717) is 11.9 Å². The van der Waals surface area contributed by atoms with Gasteiger partial charge in [0.1, 0.15) is 0 Å². The van der Waals surface area contributed by atoms with Crippen LogP contribution in [0.5, 0.6) is 0 Å². The van der Waals surface area contributed by atoms with E-state index in [1.807, 2.05) is 11.9 Å². The molecule has 1 amide bonds. The molecule has 0 aromatic rings. The SMILES string of the molecule is CNCCC1CCN(C2CCN(C(C)C)C2=O)CC1. The Morgan fingerprint density at radius 3 is 2.42 bits per heavy atom. The lowest BCUT2D eigenvalue weighted by atomic mass is 9.92. The summed E-state index contributed by atoms with van der Waals surface area (Å²) in [6.45, 7) is 8.51. The average Bonchev–Trinajstić information content (AvgIpc) is 2.79. The van der Waals surface area contributed by atoms with Crippen molar-refractivity contribution in [1.29, 1.82) is 0 Å². The quantitative estimate of drug-likeness (QED) is 0.816. The number of rotatable bonds is 5. The second kappa shape index (κ2) is 6.71. The number of likely N-dealkylation sites (tertiary alicyclic amines) is 2. The second-order valence-electron chi connectivity index (χ2n) is 6.30. The van der Waals surface area contributed by atoms with E-state index in [0.717, 1.165) is 38.5 Å². The summed E-state index contributed by atoms with van der Waals surface area (Å²) in [5, 5.41) is 3.23. The van der Waals surface area contributed by atoms with Gasteiger partial charge in [-0.05, 0) is 72.1 Å². The fraction of sp³-hybridized carbons (Fsp3) is 0.933. The number of amides is 1. The number of hydrogen-bond acceptors (Lipinski definition) is 3. The van der Waals surface area contributed by atoms with Gasteiger partial charge in [0, 0.05) is 12.6 Å². The Bertz CT molecular complexity index is 298. The lowest BCUT2D eigenvalue weighted by molar-refractivity contribution is -0.134. The molecule has 2 fully saturated rings. The lowest BCUT2D eigenvalue weighted by Crippen LogP contribution is -2.47. The molecule has 110 valence electrons. The summed E-state index contributed by atoms with van der Waals surface area (Å²) in [6.07, 6.45) is 4.82. The topological polar surface area (TPSA) is 35.6 Å². The predicted molar refractivity (Wildman–Crippen MR) is 78.1 cm³/mol. The third-order valence-corrected chi connectivity index (χ3v) is 4.73. The molecule has 4 heteroatoms. The van der Waals surface area contributed by atoms with Crippen molar-refractivity contribution in [3.05, 3.63) is 0 Å². The Hall–Kier alpha value is -0.610. The van der Waals surface area contributed by atoms with Crippen molar-refractivity contribution in [3.63, 3.8) is 0 Å². The molecule has 2 rings (SSSR count). The van der Waals surface area contributed by atoms with Crippen molar-refractivity contribution in [2.24, 2.45) is 5.92 Å². The van der Waals surface area contributed by atoms with Gasteiger partial charge in [-0.2, -0.15) is 0 Å². The largest absolute Gasteiger partial charge is 0.339 e. The fourth-order valence-electron chi connectivity index (χ4n) is 3.44. The summed E-state index contributed by atoms with van der Waals surface area (Å²) in [5.74, 6) is 1.21. The number of nitrogens with one attached hydrogen (secondary N) is 1. The molecule has 0 radical (unpaired) electrons. The van der Waals surface area contributed by atoms with Crippen LogP contribution in [0.4, 0.5) is 0 Å². The van der Waals surface area contributed by atoms with Crippen LogP contribution in [0.1, 0.15) is 39.5 Å². The number of carbonyl (C=O) groups is 1. The molecular weight excluding hydrogens is 238 g/mol. The van der Waals surface area contributed by atoms with Crippen LogP contribution in [0.15, 0.2) is 0 Å². The minimum absolute atomic E-state index is 0.174. The monoisotopic (exact) mass is 267 g/mol. The van der Waals surface area contributed by atoms with Crippen molar-refractivity contribution >= 4 is 5.91 Å². The van der Waals surface area contributed by atoms with Gasteiger partial charge in [0.2, 0.25) is 5.91 Å². The molecule has 0 bridgehead atoms. The zero-order valence-corrected chi connectivity index (χ0v) is 12.7. The summed E-state index contributed by atoms with van der Waals surface area (Å²) < 4.78 is 0. The van der Waals surface area contributed by atoms with Gasteiger partial charge in [0.15, 0.2) is 0 Å². The summed E-state index contributed by atoms with van der Waals surface area (Å²) >= 11 is 0. The Kier molecular flexibility index (Phi) is 5.22. The summed E-state index contributed by atoms with van der Waals surface area (Å²) in [5.41, 5.74) is 0. The molecule has 2 heterocycles. The van der Waals surface area contributed by atoms with E-state index in [1.165, 1.54) is 19.3 Å². The molecular formula is C15H29N3O. The van der Waals surface area contributed by atoms with E-state index < -0.39 is 0 Å². The van der Waals surface area contributed by atoms with Gasteiger partial charge >= 0.3 is 0 Å². The van der Waals surface area contributed by atoms with Crippen molar-refractivity contribution in [2.45, 2.75) is 51.6 Å². The highest BCUT2D eigenvalue weighted by molar-refractivity contribution is 5.84. The smallest absolute Gasteiger partial charge is 0.240 e. The summed E-state index contributed by atoms with van der Waals surface area (Å²) in [7, 11) is 2.02. The predicted octanol–water partition coefficient (Wildman–Crippen LogP) is 1.32. The number of hydrogen-bond donors (Lipinski definition) is 1. The maximum atomic E-state index is 12.4. The van der Waals surface area contributed by atoms with E-state index in [9.17, 15) is 4.79 Å². The van der Waals surface area contributed by atoms with E-state index in [4.69, 9.17) is 0 Å². The van der Waals surface area contributed by atoms with Crippen molar-refractivity contribution in [3.8, 4) is 0 Å². The zero-order valence-electron chi connectivity index (χ0n) is 12.7. The molecule has 1 unspecified atom stereocenters. The minimum Gasteiger partial charge on any atom is -0.339 e. The van der Waals surface area contributed by atoms with Crippen LogP contribution in [0.3, 0.4) is 0 Å². The summed E-state index contributed by atoms with van der Waals surface area (Å²) in [4.78, 5) is 16.8. The zero-order chi connectivity index (χ0) is 13.8. The first kappa shape index (κ1) is 14.8. The highest BCUT2D eigenvalue weighted by Crippen LogP contribution is 2.26. The molecule has 19 heavy (non-hydrogen) atoms. The van der Waals surface area contributed by atoms with Gasteiger partial charge in [-0.15, -0.1) is 0 Å². The van der Waals surface area contributed by atoms with Crippen LogP contribution in [-0.2, 0) is 4.79 Å². The Labute approximate surface area is 117 Å². The molecule has 1 N–H and O–H groups in total. The van der Waals surface area contributed by atoms with Crippen molar-refractivity contribution < 1.29 is 4.79 Å². The standard InChI is InChI=1S/C15H29N3O/c1-12(2)18-11-7-14(15(18)19)17-9-5-13(6-10-17)4-8-16-3/h12-14,16H,4-11H2,1-3H3. The number of piperidine rings is 1. The van der Waals surface area contributed by atoms with Gasteiger partial charge < -0.3 is 10.2 Å². The first-order valence-corrected chi connectivity index (χ1v) is 7.82. The molecule has 0 spiro atoms. The normalized spacial score (nSPS) is 26.6. The molecule has 1 atom stereocenters. The minimum atomic E-state index is 0.174. The first-order valence-electron chi connectivity index (χ1n) is 7.82. The maximum absolute atomic E-state index is 12.4. The Morgan fingerprint density at radius 2 is 1.89 bits per heavy atom. The summed E-state index contributed by atoms with van der Waals surface area (Å²) in [6, 6.07) is 0.526. The number of carbonyl (C=O) groups excluding carboxylic acids is 1. The third kappa shape index (κ3) is 3.48. The second-order valence-corrected chi connectivity index (χ2v) is 6.30. The fourth-order valence-corrected chi connectivity index (χ4v) is 3.44. The van der Waals surface area contributed by atoms with Crippen LogP contribution < -0.4 is 5.32 Å². The molecule has 2 saturated heterocycles. The first-order chi connectivity index (χ1) is 9.13. The van der Waals surface area contributed by atoms with E-state index >= 15 is 0 Å². The maximum Gasteiger partial charge on any atom is 0.240 e. The molecule has 4 nitrogen and oxygen atoms in total. The van der Waals surface area contributed by atoms with E-state index in [2.05, 4.69) is 24.1 Å². The molecule has 2 aliphatic rings. The van der Waals surface area contributed by atoms with Gasteiger partial charge in [0.25, 0.3) is 0 Å². The van der Waals surface area contributed by atoms with Gasteiger partial charge in [-0.25, -0.2) is 0 Å². The van der Waals surface area contributed by atoms with E-state index in [1.54, 1.807) is 0 Å². The van der Waals surface area contributed by atoms with E-state index in [-0.39, 0.29) is 6.04 Å². The molecule has 0 aromatic carbocycles. The number of nitrogens with zero attached hydrogens (tertiary/aromatic N) is 2. The lowest BCUT2D eigenvalue weighted by Gasteiger charge is -2.35. The Balaban J connectivity index is 1.80. The highest BCUT2D eigenvalue weighted by Gasteiger charge is 2.37. The van der Waals surface area contributed by atoms with Gasteiger partial charge in [-0.3, -0.25) is 9.69 Å². The van der Waals surface area contributed by atoms with Crippen LogP contribution in [0, 0.1) is 5.92 Å². The van der Waals surface area contributed by atoms with Gasteiger partial charge in [0.05, 0.1) is 6.04 Å². The van der Waals surface area contributed by atoms with Crippen molar-refractivity contribution in [2.75, 3.05) is 33.2 Å².